The van der Waals surface area contributed by atoms with Crippen LogP contribution in [0, 0.1) is 34.3 Å². The molecule has 2 saturated heterocycles. The highest BCUT2D eigenvalue weighted by Gasteiger charge is 2.56. The van der Waals surface area contributed by atoms with Crippen LogP contribution >= 0.6 is 0 Å². The van der Waals surface area contributed by atoms with Gasteiger partial charge in [0.1, 0.15) is 23.7 Å². The molecule has 0 spiro atoms. The molecule has 25 heteroatoms. The third-order valence-electron chi connectivity index (χ3n) is 14.5. The molecule has 5 N–H and O–H groups in total. The Labute approximate surface area is 446 Å². The third kappa shape index (κ3) is 14.0. The minimum atomic E-state index is -5.09. The van der Waals surface area contributed by atoms with Gasteiger partial charge in [0.05, 0.1) is 43.0 Å². The van der Waals surface area contributed by atoms with Gasteiger partial charge in [-0.05, 0) is 87.3 Å². The summed E-state index contributed by atoms with van der Waals surface area (Å²) in [5.74, 6) is 1.84. The molecule has 2 bridgehead atoms. The lowest BCUT2D eigenvalue weighted by molar-refractivity contribution is -0.220. The SMILES string of the molecule is COC(=O)N[C@H](C(=O)NN(Cc1c(F)cc(-c2ccn(C(F)F)n2)cc1F)C[C@H](O)[C@H](Cc1ccc(C#Cc2cnc(N3CC4CCC(C3)N4C3CCC3)nc2)cc1)NC(=O)[C@@H](NC(=O)OC)C(C)(C)C(F)(F)F)C(C)(C)C. The van der Waals surface area contributed by atoms with Crippen LogP contribution in [0.15, 0.2) is 61.1 Å². The second-order valence-electron chi connectivity index (χ2n) is 21.4. The van der Waals surface area contributed by atoms with Crippen molar-refractivity contribution in [2.75, 3.05) is 38.8 Å². The molecule has 2 aromatic heterocycles. The summed E-state index contributed by atoms with van der Waals surface area (Å²) in [6.45, 7) is 3.07. The van der Waals surface area contributed by atoms with Crippen LogP contribution in [0.25, 0.3) is 11.3 Å². The lowest BCUT2D eigenvalue weighted by atomic mass is 9.82. The maximum absolute atomic E-state index is 16.0. The van der Waals surface area contributed by atoms with Crippen molar-refractivity contribution in [2.24, 2.45) is 10.8 Å². The monoisotopic (exact) mass is 1100 g/mol. The van der Waals surface area contributed by atoms with Crippen LogP contribution < -0.4 is 26.3 Å². The largest absolute Gasteiger partial charge is 0.453 e. The molecule has 4 heterocycles. The number of fused-ring (bicyclic) bond motifs is 2. The fourth-order valence-electron chi connectivity index (χ4n) is 9.78. The van der Waals surface area contributed by atoms with Crippen molar-refractivity contribution in [3.8, 4) is 23.1 Å². The van der Waals surface area contributed by atoms with E-state index < -0.39 is 102 Å². The molecule has 422 valence electrons. The number of hydrogen-bond acceptors (Lipinski definition) is 13. The van der Waals surface area contributed by atoms with Gasteiger partial charge in [-0.3, -0.25) is 19.9 Å². The van der Waals surface area contributed by atoms with Crippen molar-refractivity contribution in [2.45, 2.75) is 135 Å². The molecule has 3 aliphatic rings. The number of ether oxygens (including phenoxy) is 2. The van der Waals surface area contributed by atoms with Crippen molar-refractivity contribution < 1.29 is 64.5 Å². The van der Waals surface area contributed by atoms with Crippen molar-refractivity contribution in [1.29, 1.82) is 0 Å². The number of piperazine rings is 1. The highest BCUT2D eigenvalue weighted by Crippen LogP contribution is 2.41. The number of carbonyl (C=O) groups excluding carboxylic acids is 4. The summed E-state index contributed by atoms with van der Waals surface area (Å²) < 4.78 is 112. The number of aliphatic hydroxyl groups is 1. The summed E-state index contributed by atoms with van der Waals surface area (Å²) in [6, 6.07) is 5.45. The van der Waals surface area contributed by atoms with Gasteiger partial charge >= 0.3 is 24.9 Å². The second kappa shape index (κ2) is 24.3. The smallest absolute Gasteiger partial charge is 0.407 e. The van der Waals surface area contributed by atoms with Gasteiger partial charge in [-0.1, -0.05) is 51.2 Å². The minimum Gasteiger partial charge on any atom is -0.453 e. The number of hydrogen-bond donors (Lipinski definition) is 5. The molecule has 0 radical (unpaired) electrons. The molecule has 2 unspecified atom stereocenters. The van der Waals surface area contributed by atoms with Crippen molar-refractivity contribution >= 4 is 29.9 Å². The number of nitrogens with zero attached hydrogens (tertiary/aromatic N) is 7. The highest BCUT2D eigenvalue weighted by molar-refractivity contribution is 5.87. The van der Waals surface area contributed by atoms with Gasteiger partial charge in [-0.15, -0.1) is 0 Å². The minimum absolute atomic E-state index is 0.205. The lowest BCUT2D eigenvalue weighted by Crippen LogP contribution is -2.63. The first-order valence-electron chi connectivity index (χ1n) is 25.3. The van der Waals surface area contributed by atoms with Crippen molar-refractivity contribution in [3.63, 3.8) is 0 Å². The number of alkyl halides is 5. The highest BCUT2D eigenvalue weighted by atomic mass is 19.4. The first kappa shape index (κ1) is 58.6. The van der Waals surface area contributed by atoms with Gasteiger partial charge < -0.3 is 35.4 Å². The number of aromatic nitrogens is 4. The summed E-state index contributed by atoms with van der Waals surface area (Å²) in [7, 11) is 1.93. The average molecular weight is 1100 g/mol. The van der Waals surface area contributed by atoms with Gasteiger partial charge in [0.15, 0.2) is 0 Å². The number of hydrazine groups is 1. The molecule has 4 aromatic rings. The zero-order valence-electron chi connectivity index (χ0n) is 44.1. The number of nitrogens with one attached hydrogen (secondary N) is 4. The molecular weight excluding hydrogens is 1040 g/mol. The van der Waals surface area contributed by atoms with Gasteiger partial charge in [0.25, 0.3) is 5.91 Å². The van der Waals surface area contributed by atoms with Gasteiger partial charge in [-0.25, -0.2) is 38.0 Å². The summed E-state index contributed by atoms with van der Waals surface area (Å²) in [5, 5.41) is 23.4. The van der Waals surface area contributed by atoms with Crippen LogP contribution in [0.5, 0.6) is 0 Å². The van der Waals surface area contributed by atoms with E-state index in [0.717, 1.165) is 69.6 Å². The van der Waals surface area contributed by atoms with Crippen LogP contribution in [0.4, 0.5) is 46.3 Å². The van der Waals surface area contributed by atoms with E-state index >= 15 is 8.78 Å². The lowest BCUT2D eigenvalue weighted by Gasteiger charge is -2.48. The molecule has 1 aliphatic carbocycles. The Balaban J connectivity index is 1.16. The predicted molar refractivity (Wildman–Crippen MR) is 270 cm³/mol. The van der Waals surface area contributed by atoms with E-state index in [0.29, 0.717) is 54.6 Å². The number of benzene rings is 2. The number of methoxy groups -OCH3 is 2. The topological polar surface area (TPSA) is 208 Å². The third-order valence-corrected chi connectivity index (χ3v) is 14.5. The molecule has 1 saturated carbocycles. The van der Waals surface area contributed by atoms with Crippen LogP contribution in [0.1, 0.15) is 95.5 Å². The maximum Gasteiger partial charge on any atom is 0.407 e. The Bertz CT molecular complexity index is 2800. The van der Waals surface area contributed by atoms with E-state index in [1.807, 2.05) is 5.32 Å². The van der Waals surface area contributed by atoms with E-state index in [4.69, 9.17) is 4.74 Å². The number of anilines is 1. The molecule has 78 heavy (non-hydrogen) atoms. The fraction of sp³-hybridized carbons (Fsp3) is 0.528. The summed E-state index contributed by atoms with van der Waals surface area (Å²) in [5.41, 5.74) is -1.23. The second-order valence-corrected chi connectivity index (χ2v) is 21.4. The number of carbonyl (C=O) groups is 4. The Hall–Kier alpha value is -7.04. The van der Waals surface area contributed by atoms with Crippen LogP contribution in [0.3, 0.4) is 0 Å². The number of amides is 4. The first-order valence-corrected chi connectivity index (χ1v) is 25.3. The van der Waals surface area contributed by atoms with E-state index in [2.05, 4.69) is 57.5 Å². The van der Waals surface area contributed by atoms with Crippen molar-refractivity contribution in [1.82, 2.24) is 51.0 Å². The summed E-state index contributed by atoms with van der Waals surface area (Å²) in [6.07, 6.45) is 0.588. The molecule has 7 rings (SSSR count). The first-order chi connectivity index (χ1) is 36.8. The van der Waals surface area contributed by atoms with E-state index in [1.165, 1.54) is 19.3 Å². The zero-order chi connectivity index (χ0) is 56.9. The molecule has 6 atom stereocenters. The molecule has 2 aliphatic heterocycles. The molecule has 2 aromatic carbocycles. The van der Waals surface area contributed by atoms with Gasteiger partial charge in [0, 0.05) is 79.6 Å². The van der Waals surface area contributed by atoms with E-state index in [1.54, 1.807) is 57.4 Å². The van der Waals surface area contributed by atoms with Crippen LogP contribution in [-0.4, -0.2) is 141 Å². The number of alkyl carbamates (subject to hydrolysis) is 2. The van der Waals surface area contributed by atoms with Gasteiger partial charge in [0.2, 0.25) is 11.9 Å². The van der Waals surface area contributed by atoms with E-state index in [-0.39, 0.29) is 22.4 Å². The Morgan fingerprint density at radius 2 is 1.37 bits per heavy atom. The Kier molecular flexibility index (Phi) is 18.3. The molecule has 18 nitrogen and oxygen atoms in total. The maximum atomic E-state index is 16.0. The molecule has 4 amide bonds. The zero-order valence-corrected chi connectivity index (χ0v) is 44.1. The summed E-state index contributed by atoms with van der Waals surface area (Å²) >= 11 is 0. The predicted octanol–water partition coefficient (Wildman–Crippen LogP) is 6.62. The fourth-order valence-corrected chi connectivity index (χ4v) is 9.78. The number of rotatable bonds is 18. The quantitative estimate of drug-likeness (QED) is 0.0404. The van der Waals surface area contributed by atoms with Crippen LogP contribution in [-0.2, 0) is 32.0 Å². The summed E-state index contributed by atoms with van der Waals surface area (Å²) in [4.78, 5) is 67.2. The number of halogens is 7. The Morgan fingerprint density at radius 1 is 0.795 bits per heavy atom. The van der Waals surface area contributed by atoms with Crippen LogP contribution in [0.2, 0.25) is 0 Å². The average Bonchev–Trinajstić information content (AvgIpc) is 3.96. The normalized spacial score (nSPS) is 18.5. The molecular formula is C53H64F7N11O7. The van der Waals surface area contributed by atoms with Crippen molar-refractivity contribution in [3.05, 3.63) is 94.9 Å². The number of aliphatic hydroxyl groups excluding tert-OH is 1. The van der Waals surface area contributed by atoms with Gasteiger partial charge in [-0.2, -0.15) is 27.1 Å². The Morgan fingerprint density at radius 3 is 1.88 bits per heavy atom. The standard InChI is InChI=1S/C53H64F7N11O7/c1-51(2,3)43(64-49(75)77-6)46(74)67-69(28-37-38(54)22-33(23-39(37)55)40-19-20-70(66-40)47(56)57)29-42(72)41(63-45(73)44(65-50(76)78-7)52(4,5)53(58,59)60)21-31-14-11-30(12-15-31)13-16-32-24-61-48(62-25-32)68-26-35-17-18-36(27-68)71(35)34-9-8-10-34/h11-12,14-15,19-20,22-25,34-36,41-44,47,72H,8-10,17-18,21,26-29H2,1-7H3,(H,63,73)(H,64,75)(H,65,76)(H,67,74)/t35?,36?,41-,42-,43+,44+/m0/s1. The molecule has 3 fully saturated rings. The van der Waals surface area contributed by atoms with E-state index in [9.17, 15) is 46.2 Å².